The number of rotatable bonds is 3. The predicted molar refractivity (Wildman–Crippen MR) is 79.9 cm³/mol. The molecule has 3 aromatic rings. The van der Waals surface area contributed by atoms with Crippen LogP contribution in [0.25, 0.3) is 11.1 Å². The van der Waals surface area contributed by atoms with Crippen molar-refractivity contribution in [3.05, 3.63) is 67.7 Å². The number of nitrogens with zero attached hydrogens (tertiary/aromatic N) is 3. The summed E-state index contributed by atoms with van der Waals surface area (Å²) < 4.78 is 6.71. The third-order valence-corrected chi connectivity index (χ3v) is 3.61. The van der Waals surface area contributed by atoms with Crippen molar-refractivity contribution in [2.75, 3.05) is 0 Å². The SMILES string of the molecule is Cc1cc(=O)oc2nn(Cc3ccccc3[N+](=O)[O-])c(C)c12. The zero-order chi connectivity index (χ0) is 15.9. The molecule has 3 rings (SSSR count). The molecule has 7 heteroatoms. The molecule has 112 valence electrons. The largest absolute Gasteiger partial charge is 0.402 e. The third-order valence-electron chi connectivity index (χ3n) is 3.61. The van der Waals surface area contributed by atoms with Crippen molar-refractivity contribution in [2.45, 2.75) is 20.4 Å². The van der Waals surface area contributed by atoms with E-state index >= 15 is 0 Å². The summed E-state index contributed by atoms with van der Waals surface area (Å²) in [5.41, 5.74) is 1.96. The Kier molecular flexibility index (Phi) is 3.25. The molecule has 0 aliphatic heterocycles. The summed E-state index contributed by atoms with van der Waals surface area (Å²) in [7, 11) is 0. The molecule has 0 radical (unpaired) electrons. The summed E-state index contributed by atoms with van der Waals surface area (Å²) in [6.07, 6.45) is 0. The molecule has 2 aromatic heterocycles. The Morgan fingerprint density at radius 2 is 2.05 bits per heavy atom. The van der Waals surface area contributed by atoms with Gasteiger partial charge in [-0.05, 0) is 19.4 Å². The molecule has 0 fully saturated rings. The van der Waals surface area contributed by atoms with Crippen molar-refractivity contribution in [3.63, 3.8) is 0 Å². The van der Waals surface area contributed by atoms with Crippen LogP contribution in [0.4, 0.5) is 5.69 Å². The molecule has 0 amide bonds. The third kappa shape index (κ3) is 2.26. The van der Waals surface area contributed by atoms with E-state index in [2.05, 4.69) is 5.10 Å². The van der Waals surface area contributed by atoms with E-state index in [4.69, 9.17) is 4.42 Å². The molecule has 0 saturated heterocycles. The van der Waals surface area contributed by atoms with E-state index in [-0.39, 0.29) is 17.9 Å². The van der Waals surface area contributed by atoms with Gasteiger partial charge in [0, 0.05) is 17.8 Å². The van der Waals surface area contributed by atoms with Crippen LogP contribution in [0.3, 0.4) is 0 Å². The highest BCUT2D eigenvalue weighted by Gasteiger charge is 2.17. The van der Waals surface area contributed by atoms with Crippen LogP contribution in [0.5, 0.6) is 0 Å². The molecule has 22 heavy (non-hydrogen) atoms. The second kappa shape index (κ2) is 5.10. The van der Waals surface area contributed by atoms with E-state index in [0.29, 0.717) is 5.56 Å². The molecule has 2 heterocycles. The quantitative estimate of drug-likeness (QED) is 0.547. The minimum absolute atomic E-state index is 0.0413. The molecule has 0 unspecified atom stereocenters. The highest BCUT2D eigenvalue weighted by atomic mass is 16.6. The number of aryl methyl sites for hydroxylation is 2. The van der Waals surface area contributed by atoms with Crippen molar-refractivity contribution >= 4 is 16.8 Å². The number of nitro benzene ring substituents is 1. The number of nitro groups is 1. The average Bonchev–Trinajstić information content (AvgIpc) is 2.75. The van der Waals surface area contributed by atoms with Crippen LogP contribution in [-0.4, -0.2) is 14.7 Å². The Morgan fingerprint density at radius 1 is 1.32 bits per heavy atom. The van der Waals surface area contributed by atoms with Gasteiger partial charge < -0.3 is 4.42 Å². The molecule has 0 atom stereocenters. The van der Waals surface area contributed by atoms with Crippen molar-refractivity contribution in [1.29, 1.82) is 0 Å². The number of aromatic nitrogens is 2. The van der Waals surface area contributed by atoms with Gasteiger partial charge in [-0.3, -0.25) is 14.8 Å². The van der Waals surface area contributed by atoms with Crippen molar-refractivity contribution in [1.82, 2.24) is 9.78 Å². The summed E-state index contributed by atoms with van der Waals surface area (Å²) in [6.45, 7) is 3.89. The second-order valence-electron chi connectivity index (χ2n) is 5.06. The van der Waals surface area contributed by atoms with Gasteiger partial charge in [-0.2, -0.15) is 0 Å². The van der Waals surface area contributed by atoms with Crippen molar-refractivity contribution in [3.8, 4) is 0 Å². The van der Waals surface area contributed by atoms with Gasteiger partial charge >= 0.3 is 5.63 Å². The van der Waals surface area contributed by atoms with Gasteiger partial charge in [-0.1, -0.05) is 18.2 Å². The lowest BCUT2D eigenvalue weighted by Gasteiger charge is -2.05. The zero-order valence-corrected chi connectivity index (χ0v) is 12.1. The first-order chi connectivity index (χ1) is 10.5. The predicted octanol–water partition coefficient (Wildman–Crippen LogP) is 2.56. The van der Waals surface area contributed by atoms with E-state index in [1.807, 2.05) is 13.8 Å². The number of hydrogen-bond donors (Lipinski definition) is 0. The van der Waals surface area contributed by atoms with E-state index in [1.54, 1.807) is 22.9 Å². The monoisotopic (exact) mass is 299 g/mol. The summed E-state index contributed by atoms with van der Waals surface area (Å²) >= 11 is 0. The van der Waals surface area contributed by atoms with Crippen molar-refractivity contribution in [2.24, 2.45) is 0 Å². The van der Waals surface area contributed by atoms with E-state index < -0.39 is 10.5 Å². The first kappa shape index (κ1) is 14.0. The van der Waals surface area contributed by atoms with Crippen LogP contribution < -0.4 is 5.63 Å². The van der Waals surface area contributed by atoms with Gasteiger partial charge in [0.25, 0.3) is 5.69 Å². The molecular formula is C15H13N3O4. The van der Waals surface area contributed by atoms with Crippen LogP contribution in [0.2, 0.25) is 0 Å². The van der Waals surface area contributed by atoms with Crippen LogP contribution in [0.1, 0.15) is 16.8 Å². The Labute approximate surface area is 124 Å². The summed E-state index contributed by atoms with van der Waals surface area (Å²) in [5.74, 6) is 0. The number of hydrogen-bond acceptors (Lipinski definition) is 5. The normalized spacial score (nSPS) is 11.0. The highest BCUT2D eigenvalue weighted by molar-refractivity contribution is 5.79. The summed E-state index contributed by atoms with van der Waals surface area (Å²) in [4.78, 5) is 22.1. The van der Waals surface area contributed by atoms with Gasteiger partial charge in [0.05, 0.1) is 22.4 Å². The fraction of sp³-hybridized carbons (Fsp3) is 0.200. The van der Waals surface area contributed by atoms with Gasteiger partial charge in [0.2, 0.25) is 5.71 Å². The minimum Gasteiger partial charge on any atom is -0.402 e. The van der Waals surface area contributed by atoms with Crippen LogP contribution >= 0.6 is 0 Å². The molecule has 0 N–H and O–H groups in total. The Balaban J connectivity index is 2.13. The van der Waals surface area contributed by atoms with Gasteiger partial charge in [-0.25, -0.2) is 4.79 Å². The molecular weight excluding hydrogens is 286 g/mol. The first-order valence-electron chi connectivity index (χ1n) is 6.67. The smallest absolute Gasteiger partial charge is 0.337 e. The number of para-hydroxylation sites is 1. The lowest BCUT2D eigenvalue weighted by atomic mass is 10.1. The zero-order valence-electron chi connectivity index (χ0n) is 12.1. The maximum atomic E-state index is 11.4. The maximum absolute atomic E-state index is 11.4. The molecule has 7 nitrogen and oxygen atoms in total. The molecule has 0 bridgehead atoms. The maximum Gasteiger partial charge on any atom is 0.337 e. The molecule has 0 aliphatic carbocycles. The number of fused-ring (bicyclic) bond motifs is 1. The topological polar surface area (TPSA) is 91.2 Å². The lowest BCUT2D eigenvalue weighted by Crippen LogP contribution is -2.06. The van der Waals surface area contributed by atoms with Crippen LogP contribution in [0.15, 0.2) is 39.5 Å². The molecule has 0 aliphatic rings. The lowest BCUT2D eigenvalue weighted by molar-refractivity contribution is -0.385. The Morgan fingerprint density at radius 3 is 2.77 bits per heavy atom. The van der Waals surface area contributed by atoms with E-state index in [1.165, 1.54) is 12.1 Å². The van der Waals surface area contributed by atoms with E-state index in [9.17, 15) is 14.9 Å². The Hall–Kier alpha value is -2.96. The van der Waals surface area contributed by atoms with Crippen LogP contribution in [0, 0.1) is 24.0 Å². The van der Waals surface area contributed by atoms with Gasteiger partial charge in [0.1, 0.15) is 0 Å². The second-order valence-corrected chi connectivity index (χ2v) is 5.06. The standard InChI is InChI=1S/C15H13N3O4/c1-9-7-13(19)22-15-14(9)10(2)17(16-15)8-11-5-3-4-6-12(11)18(20)21/h3-7H,8H2,1-2H3. The van der Waals surface area contributed by atoms with Crippen molar-refractivity contribution < 1.29 is 9.34 Å². The van der Waals surface area contributed by atoms with E-state index in [0.717, 1.165) is 16.6 Å². The fourth-order valence-corrected chi connectivity index (χ4v) is 2.56. The average molecular weight is 299 g/mol. The summed E-state index contributed by atoms with van der Waals surface area (Å²) in [6, 6.07) is 7.92. The number of benzene rings is 1. The van der Waals surface area contributed by atoms with Crippen LogP contribution in [-0.2, 0) is 6.54 Å². The van der Waals surface area contributed by atoms with Gasteiger partial charge in [0.15, 0.2) is 0 Å². The molecule has 0 spiro atoms. The first-order valence-corrected chi connectivity index (χ1v) is 6.67. The highest BCUT2D eigenvalue weighted by Crippen LogP contribution is 2.23. The summed E-state index contributed by atoms with van der Waals surface area (Å²) in [5, 5.41) is 16.1. The Bertz CT molecular complexity index is 940. The molecule has 0 saturated carbocycles. The minimum atomic E-state index is -0.458. The molecule has 1 aromatic carbocycles. The fourth-order valence-electron chi connectivity index (χ4n) is 2.56. The van der Waals surface area contributed by atoms with Gasteiger partial charge in [-0.15, -0.1) is 5.10 Å².